The summed E-state index contributed by atoms with van der Waals surface area (Å²) in [5, 5.41) is 11.2. The number of carbonyl (C=O) groups excluding carboxylic acids is 3. The highest BCUT2D eigenvalue weighted by molar-refractivity contribution is 8.02. The van der Waals surface area contributed by atoms with Crippen LogP contribution in [0.1, 0.15) is 18.9 Å². The number of rotatable bonds is 5. The Kier molecular flexibility index (Phi) is 7.05. The number of amides is 2. The third-order valence-corrected chi connectivity index (χ3v) is 10.6. The van der Waals surface area contributed by atoms with Gasteiger partial charge in [0.15, 0.2) is 0 Å². The number of likely N-dealkylation sites (tertiary alicyclic amines) is 1. The third kappa shape index (κ3) is 4.28. The molecule has 0 bridgehead atoms. The highest BCUT2D eigenvalue weighted by atomic mass is 35.5. The molecular formula is C31H31ClN2O5S. The van der Waals surface area contributed by atoms with Gasteiger partial charge in [-0.05, 0) is 49.6 Å². The monoisotopic (exact) mass is 578 g/mol. The molecule has 4 aliphatic rings. The van der Waals surface area contributed by atoms with E-state index in [9.17, 15) is 19.5 Å². The second-order valence-electron chi connectivity index (χ2n) is 11.0. The zero-order valence-corrected chi connectivity index (χ0v) is 23.7. The lowest BCUT2D eigenvalue weighted by atomic mass is 9.74. The fraction of sp³-hybridized carbons (Fsp3) is 0.387. The van der Waals surface area contributed by atoms with Gasteiger partial charge in [0.1, 0.15) is 6.04 Å². The normalized spacial score (nSPS) is 32.1. The van der Waals surface area contributed by atoms with Gasteiger partial charge >= 0.3 is 5.97 Å². The average Bonchev–Trinajstić information content (AvgIpc) is 3.27. The molecule has 6 atom stereocenters. The second kappa shape index (κ2) is 10.4. The Hall–Kier alpha value is -3.07. The number of anilines is 1. The van der Waals surface area contributed by atoms with Crippen LogP contribution in [0.25, 0.3) is 0 Å². The largest absolute Gasteiger partial charge is 0.465 e. The van der Waals surface area contributed by atoms with Crippen LogP contribution in [0, 0.1) is 11.8 Å². The molecular weight excluding hydrogens is 548 g/mol. The number of halogens is 1. The number of esters is 1. The molecule has 7 nitrogen and oxygen atoms in total. The molecule has 2 aromatic carbocycles. The third-order valence-electron chi connectivity index (χ3n) is 8.51. The molecule has 0 radical (unpaired) electrons. The van der Waals surface area contributed by atoms with E-state index in [0.717, 1.165) is 5.56 Å². The van der Waals surface area contributed by atoms with Crippen molar-refractivity contribution in [2.45, 2.75) is 41.3 Å². The van der Waals surface area contributed by atoms with Gasteiger partial charge in [-0.25, -0.2) is 0 Å². The van der Waals surface area contributed by atoms with Gasteiger partial charge in [-0.3, -0.25) is 14.4 Å². The Balaban J connectivity index is 1.50. The summed E-state index contributed by atoms with van der Waals surface area (Å²) >= 11 is 7.63. The van der Waals surface area contributed by atoms with E-state index in [-0.39, 0.29) is 25.0 Å². The van der Waals surface area contributed by atoms with E-state index in [1.807, 2.05) is 61.6 Å². The number of hydrogen-bond acceptors (Lipinski definition) is 6. The molecule has 0 aliphatic carbocycles. The van der Waals surface area contributed by atoms with Crippen LogP contribution in [-0.4, -0.2) is 69.1 Å². The van der Waals surface area contributed by atoms with Crippen molar-refractivity contribution in [3.63, 3.8) is 0 Å². The number of hydrogen-bond donors (Lipinski definition) is 1. The summed E-state index contributed by atoms with van der Waals surface area (Å²) in [6, 6.07) is 15.1. The summed E-state index contributed by atoms with van der Waals surface area (Å²) in [5.41, 5.74) is 1.60. The lowest BCUT2D eigenvalue weighted by molar-refractivity contribution is -0.154. The fourth-order valence-corrected chi connectivity index (χ4v) is 9.08. The standard InChI is InChI=1S/C31H31ClN2O5S/c1-30-14-5-6-17-39-29(38)25(30)24-27(36)34(23(19-35)18-20-8-3-2-4-9-20)26-28(37)33(16-7-15-31(24,26)40-30)22-12-10-21(32)11-13-22/h2-5,7-15,23-26,35H,6,16-19H2,1H3/t23-,24+,25-,26?,30+,31+/m1/s1. The maximum absolute atomic E-state index is 14.6. The summed E-state index contributed by atoms with van der Waals surface area (Å²) in [6.07, 6.45) is 8.86. The quantitative estimate of drug-likeness (QED) is 0.426. The van der Waals surface area contributed by atoms with E-state index < -0.39 is 39.4 Å². The molecule has 2 saturated heterocycles. The number of benzene rings is 2. The van der Waals surface area contributed by atoms with Crippen LogP contribution in [0.15, 0.2) is 78.9 Å². The zero-order chi connectivity index (χ0) is 28.1. The molecule has 4 heterocycles. The minimum atomic E-state index is -1.02. The number of thioether (sulfide) groups is 1. The molecule has 1 unspecified atom stereocenters. The van der Waals surface area contributed by atoms with Gasteiger partial charge in [0.25, 0.3) is 5.91 Å². The Bertz CT molecular complexity index is 1380. The average molecular weight is 579 g/mol. The number of nitrogens with zero attached hydrogens (tertiary/aromatic N) is 2. The molecule has 6 rings (SSSR count). The van der Waals surface area contributed by atoms with Crippen LogP contribution < -0.4 is 4.90 Å². The van der Waals surface area contributed by atoms with E-state index in [4.69, 9.17) is 16.3 Å². The first-order chi connectivity index (χ1) is 19.3. The van der Waals surface area contributed by atoms with Gasteiger partial charge in [-0.1, -0.05) is 66.2 Å². The van der Waals surface area contributed by atoms with E-state index in [1.165, 1.54) is 11.8 Å². The lowest BCUT2D eigenvalue weighted by Gasteiger charge is -2.40. The van der Waals surface area contributed by atoms with Crippen LogP contribution >= 0.6 is 23.4 Å². The summed E-state index contributed by atoms with van der Waals surface area (Å²) in [4.78, 5) is 45.9. The van der Waals surface area contributed by atoms with Crippen molar-refractivity contribution in [2.24, 2.45) is 11.8 Å². The fourth-order valence-electron chi connectivity index (χ4n) is 6.81. The number of carbonyl (C=O) groups is 3. The Morgan fingerprint density at radius 1 is 1.02 bits per heavy atom. The molecule has 0 aromatic heterocycles. The Morgan fingerprint density at radius 3 is 2.50 bits per heavy atom. The number of cyclic esters (lactones) is 1. The van der Waals surface area contributed by atoms with Crippen LogP contribution in [0.3, 0.4) is 0 Å². The van der Waals surface area contributed by atoms with Crippen molar-refractivity contribution in [3.05, 3.63) is 89.5 Å². The molecule has 2 aromatic rings. The molecule has 0 saturated carbocycles. The van der Waals surface area contributed by atoms with Gasteiger partial charge in [0.05, 0.1) is 35.8 Å². The lowest BCUT2D eigenvalue weighted by Crippen LogP contribution is -2.57. The van der Waals surface area contributed by atoms with Crippen molar-refractivity contribution in [1.82, 2.24) is 4.90 Å². The molecule has 4 aliphatic heterocycles. The van der Waals surface area contributed by atoms with Gasteiger partial charge in [-0.15, -0.1) is 11.8 Å². The highest BCUT2D eigenvalue weighted by Crippen LogP contribution is 2.65. The smallest absolute Gasteiger partial charge is 0.311 e. The Morgan fingerprint density at radius 2 is 1.77 bits per heavy atom. The second-order valence-corrected chi connectivity index (χ2v) is 13.2. The van der Waals surface area contributed by atoms with Crippen molar-refractivity contribution < 1.29 is 24.2 Å². The van der Waals surface area contributed by atoms with Crippen LogP contribution in [0.4, 0.5) is 5.69 Å². The van der Waals surface area contributed by atoms with Crippen molar-refractivity contribution in [1.29, 1.82) is 0 Å². The predicted molar refractivity (Wildman–Crippen MR) is 155 cm³/mol. The number of aliphatic hydroxyl groups is 1. The van der Waals surface area contributed by atoms with Gasteiger partial charge in [-0.2, -0.15) is 0 Å². The summed E-state index contributed by atoms with van der Waals surface area (Å²) in [5.74, 6) is -2.57. The zero-order valence-electron chi connectivity index (χ0n) is 22.1. The predicted octanol–water partition coefficient (Wildman–Crippen LogP) is 4.04. The Labute approximate surface area is 242 Å². The number of aliphatic hydroxyl groups excluding tert-OH is 1. The van der Waals surface area contributed by atoms with E-state index in [2.05, 4.69) is 0 Å². The molecule has 40 heavy (non-hydrogen) atoms. The molecule has 9 heteroatoms. The summed E-state index contributed by atoms with van der Waals surface area (Å²) in [7, 11) is 0. The van der Waals surface area contributed by atoms with Crippen molar-refractivity contribution >= 4 is 46.8 Å². The maximum Gasteiger partial charge on any atom is 0.311 e. The van der Waals surface area contributed by atoms with Crippen molar-refractivity contribution in [2.75, 3.05) is 24.7 Å². The van der Waals surface area contributed by atoms with Gasteiger partial charge in [0, 0.05) is 22.0 Å². The summed E-state index contributed by atoms with van der Waals surface area (Å²) in [6.45, 7) is 2.19. The highest BCUT2D eigenvalue weighted by Gasteiger charge is 2.74. The van der Waals surface area contributed by atoms with Crippen molar-refractivity contribution in [3.8, 4) is 0 Å². The number of fused-ring (bicyclic) bond motifs is 2. The van der Waals surface area contributed by atoms with E-state index in [0.29, 0.717) is 30.1 Å². The van der Waals surface area contributed by atoms with E-state index in [1.54, 1.807) is 34.1 Å². The number of ether oxygens (including phenoxy) is 1. The minimum absolute atomic E-state index is 0.250. The first-order valence-corrected chi connectivity index (χ1v) is 14.7. The first kappa shape index (κ1) is 27.1. The van der Waals surface area contributed by atoms with Gasteiger partial charge < -0.3 is 19.6 Å². The van der Waals surface area contributed by atoms with Crippen LogP contribution in [0.2, 0.25) is 5.02 Å². The molecule has 208 valence electrons. The van der Waals surface area contributed by atoms with Crippen LogP contribution in [0.5, 0.6) is 0 Å². The SMILES string of the molecule is C[C@]12C=CCCOC(=O)[C@H]1[C@H]1C(=O)N([C@@H](CO)Cc3ccccc3)C3C(=O)N(c4ccc(Cl)cc4)CC=C[C@@]31S2. The van der Waals surface area contributed by atoms with Gasteiger partial charge in [0.2, 0.25) is 5.91 Å². The first-order valence-electron chi connectivity index (χ1n) is 13.6. The van der Waals surface area contributed by atoms with E-state index >= 15 is 0 Å². The summed E-state index contributed by atoms with van der Waals surface area (Å²) < 4.78 is 3.86. The molecule has 1 N–H and O–H groups in total. The molecule has 1 spiro atoms. The molecule has 2 amide bonds. The molecule has 2 fully saturated rings. The van der Waals surface area contributed by atoms with Crippen LogP contribution in [-0.2, 0) is 25.5 Å². The maximum atomic E-state index is 14.6. The topological polar surface area (TPSA) is 87.1 Å². The minimum Gasteiger partial charge on any atom is -0.465 e.